The van der Waals surface area contributed by atoms with Crippen LogP contribution in [0.4, 0.5) is 5.69 Å². The number of nitrogens with zero attached hydrogens (tertiary/aromatic N) is 2. The summed E-state index contributed by atoms with van der Waals surface area (Å²) in [7, 11) is -3.53. The third-order valence-electron chi connectivity index (χ3n) is 5.87. The van der Waals surface area contributed by atoms with E-state index in [2.05, 4.69) is 5.32 Å². The molecule has 0 radical (unpaired) electrons. The van der Waals surface area contributed by atoms with E-state index < -0.39 is 21.6 Å². The molecule has 0 fully saturated rings. The van der Waals surface area contributed by atoms with Crippen LogP contribution in [0.25, 0.3) is 0 Å². The number of carbonyl (C=O) groups is 2. The van der Waals surface area contributed by atoms with Crippen LogP contribution in [0.3, 0.4) is 0 Å². The van der Waals surface area contributed by atoms with Crippen molar-refractivity contribution in [2.45, 2.75) is 78.9 Å². The monoisotopic (exact) mass is 515 g/mol. The second-order valence-corrected chi connectivity index (χ2v) is 12.3. The van der Waals surface area contributed by atoms with Crippen LogP contribution in [-0.4, -0.2) is 49.5 Å². The van der Waals surface area contributed by atoms with Crippen LogP contribution in [0.2, 0.25) is 0 Å². The molecule has 7 nitrogen and oxygen atoms in total. The van der Waals surface area contributed by atoms with Gasteiger partial charge < -0.3 is 10.2 Å². The standard InChI is InChI=1S/C28H41N3O4S/c1-8-24(27(33)29-28(4,5)6)30(20-23-13-10-9-11-14-23)26(32)15-12-18-31(36(7,34)35)25-19-21(2)16-17-22(25)3/h9-11,13-14,16-17,19,24H,8,12,15,18,20H2,1-7H3,(H,29,33)/t24-/m1/s1. The lowest BCUT2D eigenvalue weighted by Gasteiger charge is -2.33. The van der Waals surface area contributed by atoms with Crippen molar-refractivity contribution in [2.75, 3.05) is 17.1 Å². The van der Waals surface area contributed by atoms with E-state index in [4.69, 9.17) is 0 Å². The molecule has 0 heterocycles. The first kappa shape index (κ1) is 29.4. The average Bonchev–Trinajstić information content (AvgIpc) is 2.77. The van der Waals surface area contributed by atoms with Crippen molar-refractivity contribution < 1.29 is 18.0 Å². The van der Waals surface area contributed by atoms with Crippen LogP contribution >= 0.6 is 0 Å². The van der Waals surface area contributed by atoms with Gasteiger partial charge in [-0.2, -0.15) is 0 Å². The van der Waals surface area contributed by atoms with E-state index in [1.165, 1.54) is 10.6 Å². The van der Waals surface area contributed by atoms with Crippen molar-refractivity contribution in [1.29, 1.82) is 0 Å². The van der Waals surface area contributed by atoms with Gasteiger partial charge in [0.25, 0.3) is 0 Å². The highest BCUT2D eigenvalue weighted by molar-refractivity contribution is 7.92. The van der Waals surface area contributed by atoms with Crippen molar-refractivity contribution in [2.24, 2.45) is 0 Å². The number of anilines is 1. The molecule has 0 spiro atoms. The van der Waals surface area contributed by atoms with Crippen LogP contribution in [0.1, 0.15) is 63.6 Å². The maximum Gasteiger partial charge on any atom is 0.243 e. The van der Waals surface area contributed by atoms with E-state index in [0.29, 0.717) is 25.1 Å². The summed E-state index contributed by atoms with van der Waals surface area (Å²) in [6.07, 6.45) is 2.12. The van der Waals surface area contributed by atoms with Gasteiger partial charge in [0.1, 0.15) is 6.04 Å². The number of benzene rings is 2. The van der Waals surface area contributed by atoms with E-state index in [1.54, 1.807) is 4.90 Å². The van der Waals surface area contributed by atoms with Gasteiger partial charge in [-0.1, -0.05) is 49.4 Å². The lowest BCUT2D eigenvalue weighted by atomic mass is 10.0. The van der Waals surface area contributed by atoms with E-state index in [9.17, 15) is 18.0 Å². The van der Waals surface area contributed by atoms with E-state index in [1.807, 2.05) is 90.1 Å². The summed E-state index contributed by atoms with van der Waals surface area (Å²) in [6, 6.07) is 14.6. The number of sulfonamides is 1. The minimum atomic E-state index is -3.53. The first-order valence-electron chi connectivity index (χ1n) is 12.4. The van der Waals surface area contributed by atoms with Gasteiger partial charge in [0, 0.05) is 25.0 Å². The molecule has 198 valence electrons. The highest BCUT2D eigenvalue weighted by atomic mass is 32.2. The lowest BCUT2D eigenvalue weighted by molar-refractivity contribution is -0.142. The molecule has 1 N–H and O–H groups in total. The number of nitrogens with one attached hydrogen (secondary N) is 1. The number of aryl methyl sites for hydroxylation is 2. The van der Waals surface area contributed by atoms with Gasteiger partial charge in [0.05, 0.1) is 11.9 Å². The third-order valence-corrected chi connectivity index (χ3v) is 7.05. The SMILES string of the molecule is CC[C@H](C(=O)NC(C)(C)C)N(Cc1ccccc1)C(=O)CCCN(c1cc(C)ccc1C)S(C)(=O)=O. The second kappa shape index (κ2) is 12.4. The Bertz CT molecular complexity index is 1140. The van der Waals surface area contributed by atoms with Crippen molar-refractivity contribution in [3.63, 3.8) is 0 Å². The van der Waals surface area contributed by atoms with Gasteiger partial charge in [-0.3, -0.25) is 13.9 Å². The van der Waals surface area contributed by atoms with Crippen LogP contribution in [0.15, 0.2) is 48.5 Å². The summed E-state index contributed by atoms with van der Waals surface area (Å²) in [6.45, 7) is 11.9. The van der Waals surface area contributed by atoms with Gasteiger partial charge in [-0.15, -0.1) is 0 Å². The molecule has 0 saturated carbocycles. The summed E-state index contributed by atoms with van der Waals surface area (Å²) in [4.78, 5) is 28.2. The number of hydrogen-bond donors (Lipinski definition) is 1. The van der Waals surface area contributed by atoms with Crippen molar-refractivity contribution in [1.82, 2.24) is 10.2 Å². The van der Waals surface area contributed by atoms with Gasteiger partial charge in [0.15, 0.2) is 0 Å². The van der Waals surface area contributed by atoms with Crippen LogP contribution in [0, 0.1) is 13.8 Å². The highest BCUT2D eigenvalue weighted by Gasteiger charge is 2.30. The van der Waals surface area contributed by atoms with Crippen molar-refractivity contribution >= 4 is 27.5 Å². The molecular weight excluding hydrogens is 474 g/mol. The Hall–Kier alpha value is -2.87. The van der Waals surface area contributed by atoms with Gasteiger partial charge in [0.2, 0.25) is 21.8 Å². The maximum atomic E-state index is 13.5. The molecule has 2 rings (SSSR count). The predicted octanol–water partition coefficient (Wildman–Crippen LogP) is 4.57. The summed E-state index contributed by atoms with van der Waals surface area (Å²) in [5.74, 6) is -0.369. The molecule has 1 atom stereocenters. The maximum absolute atomic E-state index is 13.5. The fourth-order valence-electron chi connectivity index (χ4n) is 4.12. The highest BCUT2D eigenvalue weighted by Crippen LogP contribution is 2.25. The average molecular weight is 516 g/mol. The normalized spacial score (nSPS) is 12.6. The zero-order valence-electron chi connectivity index (χ0n) is 22.7. The first-order valence-corrected chi connectivity index (χ1v) is 14.3. The quantitative estimate of drug-likeness (QED) is 0.475. The van der Waals surface area contributed by atoms with Gasteiger partial charge in [-0.05, 0) is 70.2 Å². The Kier molecular flexibility index (Phi) is 10.1. The Morgan fingerprint density at radius 1 is 1.03 bits per heavy atom. The molecule has 0 aromatic heterocycles. The largest absolute Gasteiger partial charge is 0.350 e. The summed E-state index contributed by atoms with van der Waals surface area (Å²) in [5, 5.41) is 3.00. The lowest BCUT2D eigenvalue weighted by Crippen LogP contribution is -2.53. The molecule has 0 aliphatic carbocycles. The molecule has 2 aromatic rings. The Labute approximate surface area is 216 Å². The van der Waals surface area contributed by atoms with Crippen molar-refractivity contribution in [3.8, 4) is 0 Å². The number of hydrogen-bond acceptors (Lipinski definition) is 4. The molecule has 2 aromatic carbocycles. The van der Waals surface area contributed by atoms with E-state index in [0.717, 1.165) is 16.7 Å². The smallest absolute Gasteiger partial charge is 0.243 e. The molecular formula is C28H41N3O4S. The summed E-state index contributed by atoms with van der Waals surface area (Å²) < 4.78 is 26.6. The van der Waals surface area contributed by atoms with Crippen LogP contribution < -0.4 is 9.62 Å². The van der Waals surface area contributed by atoms with E-state index in [-0.39, 0.29) is 24.8 Å². The zero-order valence-corrected chi connectivity index (χ0v) is 23.5. The topological polar surface area (TPSA) is 86.8 Å². The van der Waals surface area contributed by atoms with Crippen LogP contribution in [0.5, 0.6) is 0 Å². The van der Waals surface area contributed by atoms with Gasteiger partial charge >= 0.3 is 0 Å². The summed E-state index contributed by atoms with van der Waals surface area (Å²) in [5.41, 5.74) is 2.95. The molecule has 36 heavy (non-hydrogen) atoms. The first-order chi connectivity index (χ1) is 16.7. The Morgan fingerprint density at radius 2 is 1.67 bits per heavy atom. The second-order valence-electron chi connectivity index (χ2n) is 10.4. The number of rotatable bonds is 11. The zero-order chi connectivity index (χ0) is 27.1. The minimum Gasteiger partial charge on any atom is -0.350 e. The molecule has 8 heteroatoms. The van der Waals surface area contributed by atoms with E-state index >= 15 is 0 Å². The predicted molar refractivity (Wildman–Crippen MR) is 146 cm³/mol. The van der Waals surface area contributed by atoms with Crippen LogP contribution in [-0.2, 0) is 26.2 Å². The fraction of sp³-hybridized carbons (Fsp3) is 0.500. The third kappa shape index (κ3) is 8.66. The molecule has 0 saturated heterocycles. The molecule has 2 amide bonds. The van der Waals surface area contributed by atoms with Gasteiger partial charge in [-0.25, -0.2) is 8.42 Å². The number of carbonyl (C=O) groups excluding carboxylic acids is 2. The molecule has 0 aliphatic heterocycles. The Morgan fingerprint density at radius 3 is 2.22 bits per heavy atom. The fourth-order valence-corrected chi connectivity index (χ4v) is 5.14. The molecule has 0 aliphatic rings. The minimum absolute atomic E-state index is 0.128. The van der Waals surface area contributed by atoms with Crippen molar-refractivity contribution in [3.05, 3.63) is 65.2 Å². The molecule has 0 unspecified atom stereocenters. The Balaban J connectivity index is 2.24. The molecule has 0 bridgehead atoms. The number of amides is 2. The summed E-state index contributed by atoms with van der Waals surface area (Å²) >= 11 is 0.